The molecule has 0 spiro atoms. The molecule has 0 atom stereocenters. The number of carbonyl (C=O) groups is 1. The molecule has 10 nitrogen and oxygen atoms in total. The lowest BCUT2D eigenvalue weighted by atomic mass is 10.2. The van der Waals surface area contributed by atoms with Gasteiger partial charge in [-0.2, -0.15) is 5.10 Å². The van der Waals surface area contributed by atoms with Crippen LogP contribution in [0.15, 0.2) is 39.0 Å². The van der Waals surface area contributed by atoms with Crippen molar-refractivity contribution in [3.05, 3.63) is 50.7 Å². The molecule has 1 amide bonds. The largest absolute Gasteiger partial charge is 0.378 e. The van der Waals surface area contributed by atoms with Crippen LogP contribution in [0.3, 0.4) is 0 Å². The van der Waals surface area contributed by atoms with Crippen LogP contribution in [0.1, 0.15) is 5.56 Å². The third-order valence-corrected chi connectivity index (χ3v) is 2.94. The van der Waals surface area contributed by atoms with Crippen LogP contribution in [0, 0.1) is 0 Å². The minimum Gasteiger partial charge on any atom is -0.378 e. The third-order valence-electron chi connectivity index (χ3n) is 2.94. The fourth-order valence-corrected chi connectivity index (χ4v) is 1.71. The molecule has 10 heteroatoms. The maximum absolute atomic E-state index is 11.6. The summed E-state index contributed by atoms with van der Waals surface area (Å²) in [4.78, 5) is 37.8. The summed E-state index contributed by atoms with van der Waals surface area (Å²) in [6.45, 7) is -0.223. The Morgan fingerprint density at radius 1 is 1.29 bits per heavy atom. The average Bonchev–Trinajstić information content (AvgIpc) is 2.54. The number of H-pyrrole nitrogens is 2. The van der Waals surface area contributed by atoms with Gasteiger partial charge >= 0.3 is 5.69 Å². The highest BCUT2D eigenvalue weighted by atomic mass is 16.2. The molecular formula is C14H17N7O3. The van der Waals surface area contributed by atoms with Gasteiger partial charge in [0, 0.05) is 19.8 Å². The van der Waals surface area contributed by atoms with E-state index in [1.807, 2.05) is 48.2 Å². The van der Waals surface area contributed by atoms with Gasteiger partial charge in [0.2, 0.25) is 5.82 Å². The number of benzene rings is 1. The Morgan fingerprint density at radius 3 is 2.62 bits per heavy atom. The van der Waals surface area contributed by atoms with Crippen molar-refractivity contribution in [2.45, 2.75) is 0 Å². The lowest BCUT2D eigenvalue weighted by Crippen LogP contribution is -2.31. The highest BCUT2D eigenvalue weighted by Crippen LogP contribution is 2.10. The molecule has 24 heavy (non-hydrogen) atoms. The second-order valence-corrected chi connectivity index (χ2v) is 4.99. The van der Waals surface area contributed by atoms with Crippen LogP contribution < -0.4 is 26.9 Å². The van der Waals surface area contributed by atoms with E-state index in [9.17, 15) is 14.4 Å². The van der Waals surface area contributed by atoms with Gasteiger partial charge in [-0.05, 0) is 17.7 Å². The predicted octanol–water partition coefficient (Wildman–Crippen LogP) is -0.914. The number of aromatic amines is 2. The summed E-state index contributed by atoms with van der Waals surface area (Å²) in [6.07, 6.45) is 1.50. The van der Waals surface area contributed by atoms with E-state index in [-0.39, 0.29) is 12.4 Å². The lowest BCUT2D eigenvalue weighted by molar-refractivity contribution is -0.119. The summed E-state index contributed by atoms with van der Waals surface area (Å²) in [5.41, 5.74) is 2.76. The van der Waals surface area contributed by atoms with Crippen LogP contribution >= 0.6 is 0 Å². The Morgan fingerprint density at radius 2 is 2.00 bits per heavy atom. The molecule has 0 aliphatic carbocycles. The quantitative estimate of drug-likeness (QED) is 0.399. The van der Waals surface area contributed by atoms with Gasteiger partial charge in [-0.1, -0.05) is 12.1 Å². The van der Waals surface area contributed by atoms with E-state index < -0.39 is 17.2 Å². The van der Waals surface area contributed by atoms with Gasteiger partial charge < -0.3 is 10.2 Å². The lowest BCUT2D eigenvalue weighted by Gasteiger charge is -2.11. The van der Waals surface area contributed by atoms with Gasteiger partial charge in [0.05, 0.1) is 12.8 Å². The topological polar surface area (TPSA) is 135 Å². The summed E-state index contributed by atoms with van der Waals surface area (Å²) in [6, 6.07) is 7.59. The summed E-state index contributed by atoms with van der Waals surface area (Å²) in [5, 5.41) is 11.9. The van der Waals surface area contributed by atoms with Gasteiger partial charge in [-0.25, -0.2) is 15.3 Å². The zero-order chi connectivity index (χ0) is 17.5. The standard InChI is InChI=1S/C14H17N7O3/c1-21(2)10-5-3-9(4-6-10)7-16-18-11(22)8-15-12-13(23)17-14(24)20-19-12/h3-7H,8H2,1-2H3,(H,15,19)(H,18,22)(H2,17,20,23,24)/b16-7+. The third kappa shape index (κ3) is 4.80. The van der Waals surface area contributed by atoms with Gasteiger partial charge in [0.25, 0.3) is 11.5 Å². The summed E-state index contributed by atoms with van der Waals surface area (Å²) >= 11 is 0. The maximum atomic E-state index is 11.6. The van der Waals surface area contributed by atoms with Gasteiger partial charge in [-0.3, -0.25) is 14.6 Å². The maximum Gasteiger partial charge on any atom is 0.342 e. The Hall–Kier alpha value is -3.43. The van der Waals surface area contributed by atoms with Crippen molar-refractivity contribution in [2.24, 2.45) is 5.10 Å². The van der Waals surface area contributed by atoms with Crippen molar-refractivity contribution < 1.29 is 4.79 Å². The van der Waals surface area contributed by atoms with Crippen molar-refractivity contribution in [3.63, 3.8) is 0 Å². The molecule has 0 saturated heterocycles. The normalized spacial score (nSPS) is 10.6. The minimum atomic E-state index is -0.722. The fourth-order valence-electron chi connectivity index (χ4n) is 1.71. The number of aromatic nitrogens is 3. The molecule has 0 aliphatic rings. The number of nitrogens with one attached hydrogen (secondary N) is 4. The molecular weight excluding hydrogens is 314 g/mol. The molecule has 1 aromatic heterocycles. The number of hydrogen-bond donors (Lipinski definition) is 4. The molecule has 2 rings (SSSR count). The van der Waals surface area contributed by atoms with E-state index in [1.54, 1.807) is 0 Å². The number of amides is 1. The summed E-state index contributed by atoms with van der Waals surface area (Å²) < 4.78 is 0. The molecule has 126 valence electrons. The Bertz CT molecular complexity index is 836. The van der Waals surface area contributed by atoms with E-state index in [1.165, 1.54) is 6.21 Å². The molecule has 0 unspecified atom stereocenters. The Labute approximate surface area is 136 Å². The molecule has 1 aromatic carbocycles. The first-order chi connectivity index (χ1) is 11.5. The minimum absolute atomic E-state index is 0.159. The highest BCUT2D eigenvalue weighted by Gasteiger charge is 2.04. The second kappa shape index (κ2) is 7.72. The number of rotatable bonds is 6. The molecule has 1 heterocycles. The second-order valence-electron chi connectivity index (χ2n) is 4.99. The molecule has 0 saturated carbocycles. The first-order valence-electron chi connectivity index (χ1n) is 6.98. The monoisotopic (exact) mass is 331 g/mol. The summed E-state index contributed by atoms with van der Waals surface area (Å²) in [7, 11) is 3.89. The van der Waals surface area contributed by atoms with Crippen LogP contribution in [0.5, 0.6) is 0 Å². The molecule has 4 N–H and O–H groups in total. The SMILES string of the molecule is CN(C)c1ccc(/C=N/NC(=O)CNc2n[nH]c(=O)[nH]c2=O)cc1. The van der Waals surface area contributed by atoms with E-state index in [4.69, 9.17) is 0 Å². The number of hydrogen-bond acceptors (Lipinski definition) is 7. The Balaban J connectivity index is 1.84. The highest BCUT2D eigenvalue weighted by molar-refractivity contribution is 5.84. The zero-order valence-corrected chi connectivity index (χ0v) is 13.2. The van der Waals surface area contributed by atoms with Crippen LogP contribution in [0.4, 0.5) is 11.5 Å². The van der Waals surface area contributed by atoms with E-state index in [2.05, 4.69) is 26.0 Å². The molecule has 0 radical (unpaired) electrons. The van der Waals surface area contributed by atoms with E-state index in [0.717, 1.165) is 11.3 Å². The van der Waals surface area contributed by atoms with Gasteiger partial charge in [0.15, 0.2) is 0 Å². The molecule has 2 aromatic rings. The zero-order valence-electron chi connectivity index (χ0n) is 13.2. The van der Waals surface area contributed by atoms with Crippen LogP contribution in [-0.2, 0) is 4.79 Å². The van der Waals surface area contributed by atoms with Crippen molar-refractivity contribution in [1.82, 2.24) is 20.6 Å². The van der Waals surface area contributed by atoms with Crippen LogP contribution in [0.25, 0.3) is 0 Å². The molecule has 0 aliphatic heterocycles. The van der Waals surface area contributed by atoms with Crippen molar-refractivity contribution in [2.75, 3.05) is 30.9 Å². The first-order valence-corrected chi connectivity index (χ1v) is 6.98. The van der Waals surface area contributed by atoms with Crippen molar-refractivity contribution in [1.29, 1.82) is 0 Å². The number of hydrazone groups is 1. The number of nitrogens with zero attached hydrogens (tertiary/aromatic N) is 3. The van der Waals surface area contributed by atoms with Crippen LogP contribution in [0.2, 0.25) is 0 Å². The smallest absolute Gasteiger partial charge is 0.342 e. The number of carbonyl (C=O) groups excluding carboxylic acids is 1. The predicted molar refractivity (Wildman–Crippen MR) is 90.5 cm³/mol. The Kier molecular flexibility index (Phi) is 5.45. The number of anilines is 2. The van der Waals surface area contributed by atoms with E-state index >= 15 is 0 Å². The van der Waals surface area contributed by atoms with Crippen LogP contribution in [-0.4, -0.2) is 47.9 Å². The van der Waals surface area contributed by atoms with Gasteiger partial charge in [-0.15, -0.1) is 5.10 Å². The van der Waals surface area contributed by atoms with E-state index in [0.29, 0.717) is 0 Å². The van der Waals surface area contributed by atoms with Crippen molar-refractivity contribution in [3.8, 4) is 0 Å². The molecule has 0 bridgehead atoms. The van der Waals surface area contributed by atoms with Crippen molar-refractivity contribution >= 4 is 23.6 Å². The first kappa shape index (κ1) is 16.9. The van der Waals surface area contributed by atoms with Gasteiger partial charge in [0.1, 0.15) is 0 Å². The summed E-state index contributed by atoms with van der Waals surface area (Å²) in [5.74, 6) is -0.628. The average molecular weight is 331 g/mol. The fraction of sp³-hybridized carbons (Fsp3) is 0.214. The molecule has 0 fully saturated rings.